The van der Waals surface area contributed by atoms with E-state index in [4.69, 9.17) is 5.11 Å². The molecule has 2 aliphatic carbocycles. The molecule has 2 saturated carbocycles. The van der Waals surface area contributed by atoms with Gasteiger partial charge in [0.2, 0.25) is 0 Å². The first-order chi connectivity index (χ1) is 8.54. The van der Waals surface area contributed by atoms with Crippen molar-refractivity contribution in [2.45, 2.75) is 51.6 Å². The summed E-state index contributed by atoms with van der Waals surface area (Å²) in [5, 5.41) is 12.5. The van der Waals surface area contributed by atoms with Crippen LogP contribution >= 0.6 is 0 Å². The summed E-state index contributed by atoms with van der Waals surface area (Å²) in [6.07, 6.45) is 4.81. The number of aliphatic carboxylic acids is 1. The zero-order valence-electron chi connectivity index (χ0n) is 11.6. The summed E-state index contributed by atoms with van der Waals surface area (Å²) >= 11 is 0. The molecule has 0 amide bonds. The Morgan fingerprint density at radius 2 is 2.06 bits per heavy atom. The minimum atomic E-state index is -0.686. The zero-order valence-corrected chi connectivity index (χ0v) is 11.6. The van der Waals surface area contributed by atoms with Gasteiger partial charge in [-0.2, -0.15) is 0 Å². The number of nitrogens with zero attached hydrogens (tertiary/aromatic N) is 1. The third-order valence-electron chi connectivity index (χ3n) is 3.97. The van der Waals surface area contributed by atoms with E-state index in [1.165, 1.54) is 12.8 Å². The van der Waals surface area contributed by atoms with E-state index in [2.05, 4.69) is 24.1 Å². The molecule has 4 heteroatoms. The van der Waals surface area contributed by atoms with Gasteiger partial charge in [0.05, 0.1) is 6.54 Å². The second kappa shape index (κ2) is 6.02. The van der Waals surface area contributed by atoms with Gasteiger partial charge in [0.15, 0.2) is 0 Å². The van der Waals surface area contributed by atoms with Gasteiger partial charge in [-0.1, -0.05) is 13.8 Å². The highest BCUT2D eigenvalue weighted by Crippen LogP contribution is 2.33. The largest absolute Gasteiger partial charge is 0.480 e. The maximum absolute atomic E-state index is 10.9. The monoisotopic (exact) mass is 254 g/mol. The van der Waals surface area contributed by atoms with E-state index in [0.29, 0.717) is 18.0 Å². The van der Waals surface area contributed by atoms with E-state index in [1.54, 1.807) is 0 Å². The first-order valence-corrected chi connectivity index (χ1v) is 7.23. The van der Waals surface area contributed by atoms with Gasteiger partial charge in [-0.3, -0.25) is 9.69 Å². The van der Waals surface area contributed by atoms with Gasteiger partial charge in [0, 0.05) is 18.6 Å². The number of carbonyl (C=O) groups is 1. The van der Waals surface area contributed by atoms with E-state index >= 15 is 0 Å². The Bertz CT molecular complexity index is 284. The van der Waals surface area contributed by atoms with Crippen LogP contribution in [0.25, 0.3) is 0 Å². The van der Waals surface area contributed by atoms with Crippen molar-refractivity contribution in [1.29, 1.82) is 0 Å². The van der Waals surface area contributed by atoms with Crippen LogP contribution in [0.4, 0.5) is 0 Å². The lowest BCUT2D eigenvalue weighted by Crippen LogP contribution is -2.54. The number of carboxylic acid groups (broad SMARTS) is 1. The molecule has 2 aliphatic rings. The fourth-order valence-electron chi connectivity index (χ4n) is 2.60. The number of rotatable bonds is 8. The molecule has 0 aromatic rings. The summed E-state index contributed by atoms with van der Waals surface area (Å²) in [6, 6.07) is 1.10. The number of carboxylic acids is 1. The molecule has 0 atom stereocenters. The van der Waals surface area contributed by atoms with Gasteiger partial charge in [0.25, 0.3) is 0 Å². The molecule has 0 spiro atoms. The summed E-state index contributed by atoms with van der Waals surface area (Å²) in [5.41, 5.74) is 0. The predicted octanol–water partition coefficient (Wildman–Crippen LogP) is 1.56. The Balaban J connectivity index is 1.70. The summed E-state index contributed by atoms with van der Waals surface area (Å²) in [7, 11) is 0. The quantitative estimate of drug-likeness (QED) is 0.690. The van der Waals surface area contributed by atoms with Crippen LogP contribution in [0.1, 0.15) is 39.5 Å². The molecule has 0 saturated heterocycles. The molecule has 0 heterocycles. The molecule has 2 rings (SSSR count). The minimum Gasteiger partial charge on any atom is -0.480 e. The molecule has 0 aliphatic heterocycles. The number of nitrogens with one attached hydrogen (secondary N) is 1. The summed E-state index contributed by atoms with van der Waals surface area (Å²) in [4.78, 5) is 13.1. The van der Waals surface area contributed by atoms with Crippen LogP contribution in [0.15, 0.2) is 0 Å². The fraction of sp³-hybridized carbons (Fsp3) is 0.929. The molecule has 0 radical (unpaired) electrons. The first kappa shape index (κ1) is 13.8. The van der Waals surface area contributed by atoms with Crippen LogP contribution in [0.5, 0.6) is 0 Å². The van der Waals surface area contributed by atoms with E-state index in [-0.39, 0.29) is 6.54 Å². The van der Waals surface area contributed by atoms with Gasteiger partial charge in [-0.15, -0.1) is 0 Å². The normalized spacial score (nSPS) is 27.6. The molecule has 2 fully saturated rings. The molecule has 18 heavy (non-hydrogen) atoms. The molecule has 104 valence electrons. The SMILES string of the molecule is CC(C)CNC1CC(N(CC(=O)O)CC2CC2)C1. The summed E-state index contributed by atoms with van der Waals surface area (Å²) in [6.45, 7) is 6.71. The van der Waals surface area contributed by atoms with Crippen molar-refractivity contribution in [3.8, 4) is 0 Å². The smallest absolute Gasteiger partial charge is 0.317 e. The van der Waals surface area contributed by atoms with E-state index in [9.17, 15) is 4.79 Å². The van der Waals surface area contributed by atoms with Gasteiger partial charge in [-0.05, 0) is 44.1 Å². The molecule has 0 unspecified atom stereocenters. The average Bonchev–Trinajstić information content (AvgIpc) is 2.97. The topological polar surface area (TPSA) is 52.6 Å². The third kappa shape index (κ3) is 4.25. The maximum Gasteiger partial charge on any atom is 0.317 e. The van der Waals surface area contributed by atoms with Gasteiger partial charge < -0.3 is 10.4 Å². The standard InChI is InChI=1S/C14H26N2O2/c1-10(2)7-15-12-5-13(6-12)16(9-14(17)18)8-11-3-4-11/h10-13,15H,3-9H2,1-2H3,(H,17,18). The van der Waals surface area contributed by atoms with Crippen molar-refractivity contribution in [3.05, 3.63) is 0 Å². The lowest BCUT2D eigenvalue weighted by molar-refractivity contribution is -0.139. The van der Waals surface area contributed by atoms with Gasteiger partial charge in [-0.25, -0.2) is 0 Å². The lowest BCUT2D eigenvalue weighted by Gasteiger charge is -2.43. The molecular formula is C14H26N2O2. The summed E-state index contributed by atoms with van der Waals surface area (Å²) in [5.74, 6) is 0.770. The van der Waals surface area contributed by atoms with Crippen LogP contribution in [0, 0.1) is 11.8 Å². The molecule has 0 bridgehead atoms. The summed E-state index contributed by atoms with van der Waals surface area (Å²) < 4.78 is 0. The Kier molecular flexibility index (Phi) is 4.62. The van der Waals surface area contributed by atoms with E-state index in [0.717, 1.165) is 31.8 Å². The first-order valence-electron chi connectivity index (χ1n) is 7.23. The second-order valence-corrected chi connectivity index (χ2v) is 6.39. The van der Waals surface area contributed by atoms with Crippen molar-refractivity contribution >= 4 is 5.97 Å². The van der Waals surface area contributed by atoms with Crippen molar-refractivity contribution in [1.82, 2.24) is 10.2 Å². The number of hydrogen-bond acceptors (Lipinski definition) is 3. The molecular weight excluding hydrogens is 228 g/mol. The highest BCUT2D eigenvalue weighted by atomic mass is 16.4. The minimum absolute atomic E-state index is 0.220. The molecule has 0 aromatic heterocycles. The molecule has 4 nitrogen and oxygen atoms in total. The average molecular weight is 254 g/mol. The van der Waals surface area contributed by atoms with E-state index in [1.807, 2.05) is 0 Å². The van der Waals surface area contributed by atoms with Crippen LogP contribution in [0.3, 0.4) is 0 Å². The predicted molar refractivity (Wildman–Crippen MR) is 71.6 cm³/mol. The second-order valence-electron chi connectivity index (χ2n) is 6.39. The fourth-order valence-corrected chi connectivity index (χ4v) is 2.60. The Labute approximate surface area is 110 Å². The van der Waals surface area contributed by atoms with Crippen molar-refractivity contribution in [2.75, 3.05) is 19.6 Å². The molecule has 2 N–H and O–H groups in total. The maximum atomic E-state index is 10.9. The lowest BCUT2D eigenvalue weighted by atomic mass is 9.85. The van der Waals surface area contributed by atoms with Crippen LogP contribution < -0.4 is 5.32 Å². The van der Waals surface area contributed by atoms with Crippen molar-refractivity contribution in [2.24, 2.45) is 11.8 Å². The van der Waals surface area contributed by atoms with Crippen molar-refractivity contribution in [3.63, 3.8) is 0 Å². The van der Waals surface area contributed by atoms with Crippen LogP contribution in [-0.2, 0) is 4.79 Å². The van der Waals surface area contributed by atoms with Crippen LogP contribution in [0.2, 0.25) is 0 Å². The van der Waals surface area contributed by atoms with Crippen LogP contribution in [-0.4, -0.2) is 47.7 Å². The Morgan fingerprint density at radius 3 is 2.56 bits per heavy atom. The highest BCUT2D eigenvalue weighted by Gasteiger charge is 2.36. The van der Waals surface area contributed by atoms with Crippen molar-refractivity contribution < 1.29 is 9.90 Å². The van der Waals surface area contributed by atoms with E-state index < -0.39 is 5.97 Å². The molecule has 0 aromatic carbocycles. The van der Waals surface area contributed by atoms with Gasteiger partial charge >= 0.3 is 5.97 Å². The third-order valence-corrected chi connectivity index (χ3v) is 3.97. The zero-order chi connectivity index (χ0) is 13.1. The number of hydrogen-bond donors (Lipinski definition) is 2. The highest BCUT2D eigenvalue weighted by molar-refractivity contribution is 5.69. The Hall–Kier alpha value is -0.610. The Morgan fingerprint density at radius 1 is 1.39 bits per heavy atom. The van der Waals surface area contributed by atoms with Gasteiger partial charge in [0.1, 0.15) is 0 Å².